The van der Waals surface area contributed by atoms with E-state index in [4.69, 9.17) is 5.73 Å². The third-order valence-corrected chi connectivity index (χ3v) is 5.86. The van der Waals surface area contributed by atoms with Crippen molar-refractivity contribution < 1.29 is 0 Å². The van der Waals surface area contributed by atoms with E-state index in [2.05, 4.69) is 67.8 Å². The molecule has 2 N–H and O–H groups in total. The number of halogens is 2. The molecule has 142 valence electrons. The van der Waals surface area contributed by atoms with Gasteiger partial charge in [-0.05, 0) is 17.7 Å². The van der Waals surface area contributed by atoms with Crippen LogP contribution in [0.25, 0.3) is 0 Å². The summed E-state index contributed by atoms with van der Waals surface area (Å²) < 4.78 is 1.09. The third-order valence-electron chi connectivity index (χ3n) is 4.54. The number of benzene rings is 1. The zero-order valence-electron chi connectivity index (χ0n) is 15.1. The first-order chi connectivity index (χ1) is 12.0. The van der Waals surface area contributed by atoms with Crippen molar-refractivity contribution in [3.8, 4) is 0 Å². The standard InChI is InChI=1S/C18H24BrN5S.HI/c1-18(2,14-4-3-5-15(19)12-14)13-22-16(20)23-7-9-24(10-8-23)17-21-6-11-25-17;/h3-6,11-12H,7-10,13H2,1-2H3,(H2,20,22);1H. The van der Waals surface area contributed by atoms with Crippen LogP contribution in [-0.2, 0) is 5.41 Å². The average molecular weight is 550 g/mol. The number of hydrogen-bond donors (Lipinski definition) is 1. The molecule has 0 atom stereocenters. The number of thiazole rings is 1. The second kappa shape index (κ2) is 9.36. The minimum absolute atomic E-state index is 0. The van der Waals surface area contributed by atoms with Gasteiger partial charge < -0.3 is 15.5 Å². The summed E-state index contributed by atoms with van der Waals surface area (Å²) in [5.41, 5.74) is 7.46. The Hall–Kier alpha value is -0.870. The predicted molar refractivity (Wildman–Crippen MR) is 125 cm³/mol. The van der Waals surface area contributed by atoms with Gasteiger partial charge in [-0.3, -0.25) is 4.99 Å². The monoisotopic (exact) mass is 549 g/mol. The normalized spacial score (nSPS) is 15.7. The minimum atomic E-state index is -0.0584. The van der Waals surface area contributed by atoms with E-state index in [1.54, 1.807) is 11.3 Å². The Morgan fingerprint density at radius 2 is 2.04 bits per heavy atom. The molecule has 0 unspecified atom stereocenters. The van der Waals surface area contributed by atoms with Crippen molar-refractivity contribution >= 4 is 62.3 Å². The van der Waals surface area contributed by atoms with Crippen LogP contribution in [-0.4, -0.2) is 48.6 Å². The SMILES string of the molecule is CC(C)(CN=C(N)N1CCN(c2nccs2)CC1)c1cccc(Br)c1.I. The second-order valence-electron chi connectivity index (χ2n) is 6.86. The maximum Gasteiger partial charge on any atom is 0.191 e. The van der Waals surface area contributed by atoms with E-state index in [0.29, 0.717) is 12.5 Å². The van der Waals surface area contributed by atoms with E-state index in [0.717, 1.165) is 35.8 Å². The molecular weight excluding hydrogens is 525 g/mol. The number of nitrogens with zero attached hydrogens (tertiary/aromatic N) is 4. The number of aromatic nitrogens is 1. The molecule has 1 aromatic carbocycles. The number of rotatable bonds is 4. The zero-order chi connectivity index (χ0) is 17.9. The minimum Gasteiger partial charge on any atom is -0.370 e. The van der Waals surface area contributed by atoms with Gasteiger partial charge in [0.1, 0.15) is 0 Å². The molecule has 0 aliphatic carbocycles. The number of nitrogens with two attached hydrogens (primary N) is 1. The molecule has 2 aromatic rings. The van der Waals surface area contributed by atoms with Crippen LogP contribution < -0.4 is 10.6 Å². The first-order valence-corrected chi connectivity index (χ1v) is 10.1. The fraction of sp³-hybridized carbons (Fsp3) is 0.444. The van der Waals surface area contributed by atoms with Crippen LogP contribution >= 0.6 is 51.2 Å². The van der Waals surface area contributed by atoms with Gasteiger partial charge in [-0.25, -0.2) is 4.98 Å². The van der Waals surface area contributed by atoms with Crippen LogP contribution in [0.1, 0.15) is 19.4 Å². The topological polar surface area (TPSA) is 57.8 Å². The Morgan fingerprint density at radius 3 is 2.65 bits per heavy atom. The molecular formula is C18H25BrIN5S. The molecule has 5 nitrogen and oxygen atoms in total. The fourth-order valence-electron chi connectivity index (χ4n) is 2.88. The van der Waals surface area contributed by atoms with Gasteiger partial charge >= 0.3 is 0 Å². The third kappa shape index (κ3) is 5.32. The predicted octanol–water partition coefficient (Wildman–Crippen LogP) is 3.94. The summed E-state index contributed by atoms with van der Waals surface area (Å²) in [6, 6.07) is 8.40. The lowest BCUT2D eigenvalue weighted by molar-refractivity contribution is 0.378. The Labute approximate surface area is 184 Å². The van der Waals surface area contributed by atoms with Crippen LogP contribution in [0.5, 0.6) is 0 Å². The van der Waals surface area contributed by atoms with E-state index in [-0.39, 0.29) is 29.4 Å². The summed E-state index contributed by atoms with van der Waals surface area (Å²) in [6.07, 6.45) is 1.85. The van der Waals surface area contributed by atoms with E-state index in [1.807, 2.05) is 17.6 Å². The van der Waals surface area contributed by atoms with Crippen molar-refractivity contribution in [3.05, 3.63) is 45.9 Å². The highest BCUT2D eigenvalue weighted by atomic mass is 127. The number of anilines is 1. The largest absolute Gasteiger partial charge is 0.370 e. The van der Waals surface area contributed by atoms with Crippen LogP contribution in [0.2, 0.25) is 0 Å². The Bertz CT molecular complexity index is 727. The lowest BCUT2D eigenvalue weighted by atomic mass is 9.85. The second-order valence-corrected chi connectivity index (χ2v) is 8.65. The molecule has 0 bridgehead atoms. The van der Waals surface area contributed by atoms with Crippen molar-refractivity contribution in [1.82, 2.24) is 9.88 Å². The van der Waals surface area contributed by atoms with Crippen molar-refractivity contribution in [1.29, 1.82) is 0 Å². The molecule has 3 rings (SSSR count). The molecule has 2 heterocycles. The van der Waals surface area contributed by atoms with Crippen molar-refractivity contribution in [2.75, 3.05) is 37.6 Å². The lowest BCUT2D eigenvalue weighted by Crippen LogP contribution is -2.51. The highest BCUT2D eigenvalue weighted by Gasteiger charge is 2.23. The Kier molecular flexibility index (Phi) is 7.72. The molecule has 1 aliphatic rings. The van der Waals surface area contributed by atoms with Crippen molar-refractivity contribution in [2.45, 2.75) is 19.3 Å². The highest BCUT2D eigenvalue weighted by molar-refractivity contribution is 14.0. The highest BCUT2D eigenvalue weighted by Crippen LogP contribution is 2.26. The van der Waals surface area contributed by atoms with Gasteiger partial charge in [-0.2, -0.15) is 0 Å². The molecule has 0 saturated carbocycles. The molecule has 8 heteroatoms. The van der Waals surface area contributed by atoms with Crippen molar-refractivity contribution in [2.24, 2.45) is 10.7 Å². The number of guanidine groups is 1. The van der Waals surface area contributed by atoms with Crippen LogP contribution in [0.15, 0.2) is 45.3 Å². The van der Waals surface area contributed by atoms with Gasteiger partial charge in [-0.1, -0.05) is 41.9 Å². The van der Waals surface area contributed by atoms with Gasteiger partial charge in [0, 0.05) is 47.6 Å². The number of hydrogen-bond acceptors (Lipinski definition) is 4. The van der Waals surface area contributed by atoms with Crippen LogP contribution in [0.3, 0.4) is 0 Å². The lowest BCUT2D eigenvalue weighted by Gasteiger charge is -2.35. The summed E-state index contributed by atoms with van der Waals surface area (Å²) in [6.45, 7) is 8.69. The first kappa shape index (κ1) is 21.4. The van der Waals surface area contributed by atoms with E-state index in [9.17, 15) is 0 Å². The number of piperazine rings is 1. The maximum absolute atomic E-state index is 6.26. The van der Waals surface area contributed by atoms with E-state index in [1.165, 1.54) is 5.56 Å². The summed E-state index contributed by atoms with van der Waals surface area (Å²) in [7, 11) is 0. The molecule has 1 aromatic heterocycles. The maximum atomic E-state index is 6.26. The molecule has 1 aliphatic heterocycles. The molecule has 0 amide bonds. The van der Waals surface area contributed by atoms with Gasteiger partial charge in [0.05, 0.1) is 6.54 Å². The van der Waals surface area contributed by atoms with Crippen molar-refractivity contribution in [3.63, 3.8) is 0 Å². The smallest absolute Gasteiger partial charge is 0.191 e. The molecule has 26 heavy (non-hydrogen) atoms. The number of aliphatic imine (C=N–C) groups is 1. The van der Waals surface area contributed by atoms with Gasteiger partial charge in [0.15, 0.2) is 11.1 Å². The summed E-state index contributed by atoms with van der Waals surface area (Å²) in [5, 5.41) is 3.10. The summed E-state index contributed by atoms with van der Waals surface area (Å²) in [4.78, 5) is 13.5. The van der Waals surface area contributed by atoms with E-state index >= 15 is 0 Å². The Morgan fingerprint density at radius 1 is 1.31 bits per heavy atom. The van der Waals surface area contributed by atoms with Crippen LogP contribution in [0, 0.1) is 0 Å². The van der Waals surface area contributed by atoms with E-state index < -0.39 is 0 Å². The van der Waals surface area contributed by atoms with Gasteiger partial charge in [0.25, 0.3) is 0 Å². The van der Waals surface area contributed by atoms with Gasteiger partial charge in [0.2, 0.25) is 0 Å². The molecule has 0 spiro atoms. The van der Waals surface area contributed by atoms with Crippen LogP contribution in [0.4, 0.5) is 5.13 Å². The summed E-state index contributed by atoms with van der Waals surface area (Å²) in [5.74, 6) is 0.641. The molecule has 0 radical (unpaired) electrons. The average Bonchev–Trinajstić information content (AvgIpc) is 3.14. The summed E-state index contributed by atoms with van der Waals surface area (Å²) >= 11 is 5.22. The molecule has 1 fully saturated rings. The quantitative estimate of drug-likeness (QED) is 0.356. The fourth-order valence-corrected chi connectivity index (χ4v) is 3.97. The first-order valence-electron chi connectivity index (χ1n) is 8.41. The zero-order valence-corrected chi connectivity index (χ0v) is 19.8. The van der Waals surface area contributed by atoms with Gasteiger partial charge in [-0.15, -0.1) is 35.3 Å². The molecule has 1 saturated heterocycles. The Balaban J connectivity index is 0.00000243.